The normalized spacial score (nSPS) is 21.6. The van der Waals surface area contributed by atoms with Gasteiger partial charge in [0, 0.05) is 7.11 Å². The number of hydrogen-bond acceptors (Lipinski definition) is 4. The fraction of sp³-hybridized carbons (Fsp3) is 0.467. The summed E-state index contributed by atoms with van der Waals surface area (Å²) in [6, 6.07) is 5.05. The lowest BCUT2D eigenvalue weighted by Gasteiger charge is -2.26. The third-order valence-corrected chi connectivity index (χ3v) is 3.85. The van der Waals surface area contributed by atoms with Gasteiger partial charge in [-0.1, -0.05) is 13.0 Å². The summed E-state index contributed by atoms with van der Waals surface area (Å²) in [5.41, 5.74) is 0.627. The Bertz CT molecular complexity index is 573. The maximum absolute atomic E-state index is 12.7. The Labute approximate surface area is 124 Å². The number of carbonyl (C=O) groups excluding carboxylic acids is 2. The number of urea groups is 1. The van der Waals surface area contributed by atoms with Crippen LogP contribution in [0.15, 0.2) is 18.2 Å². The van der Waals surface area contributed by atoms with Gasteiger partial charge in [0.2, 0.25) is 0 Å². The summed E-state index contributed by atoms with van der Waals surface area (Å²) < 4.78 is 10.2. The summed E-state index contributed by atoms with van der Waals surface area (Å²) in [5, 5.41) is 2.80. The Balaban J connectivity index is 2.45. The number of hydrogen-bond donors (Lipinski definition) is 1. The van der Waals surface area contributed by atoms with Crippen molar-refractivity contribution < 1.29 is 19.1 Å². The number of amides is 3. The van der Waals surface area contributed by atoms with Crippen LogP contribution < -0.4 is 10.1 Å². The molecule has 0 aromatic heterocycles. The van der Waals surface area contributed by atoms with Gasteiger partial charge in [0.1, 0.15) is 18.0 Å². The Morgan fingerprint density at radius 1 is 1.29 bits per heavy atom. The molecule has 1 fully saturated rings. The summed E-state index contributed by atoms with van der Waals surface area (Å²) in [6.45, 7) is 3.72. The highest BCUT2D eigenvalue weighted by Crippen LogP contribution is 2.34. The van der Waals surface area contributed by atoms with E-state index in [0.29, 0.717) is 6.42 Å². The number of nitrogens with zero attached hydrogens (tertiary/aromatic N) is 1. The van der Waals surface area contributed by atoms with E-state index in [0.717, 1.165) is 21.8 Å². The van der Waals surface area contributed by atoms with Gasteiger partial charge in [-0.2, -0.15) is 0 Å². The number of aryl methyl sites for hydroxylation is 1. The van der Waals surface area contributed by atoms with Crippen LogP contribution in [-0.2, 0) is 15.1 Å². The molecule has 6 nitrogen and oxygen atoms in total. The van der Waals surface area contributed by atoms with Gasteiger partial charge in [-0.15, -0.1) is 0 Å². The average molecular weight is 292 g/mol. The molecule has 114 valence electrons. The number of methoxy groups -OCH3 is 2. The molecule has 1 heterocycles. The molecule has 1 aromatic rings. The van der Waals surface area contributed by atoms with Gasteiger partial charge < -0.3 is 14.8 Å². The monoisotopic (exact) mass is 292 g/mol. The molecule has 3 amide bonds. The van der Waals surface area contributed by atoms with E-state index < -0.39 is 11.6 Å². The van der Waals surface area contributed by atoms with Crippen LogP contribution in [0, 0.1) is 6.92 Å². The number of ether oxygens (including phenoxy) is 2. The number of imide groups is 1. The van der Waals surface area contributed by atoms with Gasteiger partial charge >= 0.3 is 6.03 Å². The summed E-state index contributed by atoms with van der Waals surface area (Å²) in [7, 11) is 3.05. The second-order valence-corrected chi connectivity index (χ2v) is 5.02. The first kappa shape index (κ1) is 15.3. The van der Waals surface area contributed by atoms with Crippen LogP contribution in [0.2, 0.25) is 0 Å². The zero-order valence-corrected chi connectivity index (χ0v) is 12.7. The van der Waals surface area contributed by atoms with E-state index in [4.69, 9.17) is 9.47 Å². The fourth-order valence-corrected chi connectivity index (χ4v) is 2.66. The number of carbonyl (C=O) groups is 2. The van der Waals surface area contributed by atoms with Gasteiger partial charge in [0.05, 0.1) is 7.11 Å². The minimum absolute atomic E-state index is 0.0540. The Kier molecular flexibility index (Phi) is 4.18. The average Bonchev–Trinajstić information content (AvgIpc) is 2.72. The summed E-state index contributed by atoms with van der Waals surface area (Å²) in [6.07, 6.45) is 0.462. The Hall–Kier alpha value is -2.08. The van der Waals surface area contributed by atoms with Crippen molar-refractivity contribution in [3.8, 4) is 5.75 Å². The minimum Gasteiger partial charge on any atom is -0.496 e. The van der Waals surface area contributed by atoms with E-state index >= 15 is 0 Å². The van der Waals surface area contributed by atoms with E-state index in [-0.39, 0.29) is 12.6 Å². The molecule has 0 bridgehead atoms. The molecule has 1 aliphatic heterocycles. The predicted molar refractivity (Wildman–Crippen MR) is 77.0 cm³/mol. The van der Waals surface area contributed by atoms with Gasteiger partial charge in [0.25, 0.3) is 5.91 Å². The third kappa shape index (κ3) is 2.35. The van der Waals surface area contributed by atoms with Crippen molar-refractivity contribution in [2.75, 3.05) is 21.0 Å². The molecule has 1 aromatic carbocycles. The number of benzene rings is 1. The van der Waals surface area contributed by atoms with E-state index in [1.807, 2.05) is 26.0 Å². The fourth-order valence-electron chi connectivity index (χ4n) is 2.66. The van der Waals surface area contributed by atoms with E-state index in [1.165, 1.54) is 7.11 Å². The lowest BCUT2D eigenvalue weighted by atomic mass is 9.86. The van der Waals surface area contributed by atoms with Gasteiger partial charge in [-0.05, 0) is 36.6 Å². The molecule has 21 heavy (non-hydrogen) atoms. The van der Waals surface area contributed by atoms with Gasteiger partial charge in [0.15, 0.2) is 0 Å². The van der Waals surface area contributed by atoms with Crippen molar-refractivity contribution in [1.29, 1.82) is 0 Å². The summed E-state index contributed by atoms with van der Waals surface area (Å²) in [5.74, 6) is 0.455. The van der Waals surface area contributed by atoms with Crippen LogP contribution in [0.4, 0.5) is 4.79 Å². The van der Waals surface area contributed by atoms with Crippen LogP contribution >= 0.6 is 0 Å². The molecule has 1 aliphatic rings. The lowest BCUT2D eigenvalue weighted by molar-refractivity contribution is -0.134. The van der Waals surface area contributed by atoms with Crippen molar-refractivity contribution in [1.82, 2.24) is 10.2 Å². The molecule has 0 saturated carbocycles. The van der Waals surface area contributed by atoms with E-state index in [2.05, 4.69) is 5.32 Å². The van der Waals surface area contributed by atoms with Gasteiger partial charge in [-0.3, -0.25) is 4.79 Å². The Morgan fingerprint density at radius 3 is 2.52 bits per heavy atom. The zero-order chi connectivity index (χ0) is 15.6. The summed E-state index contributed by atoms with van der Waals surface area (Å²) >= 11 is 0. The van der Waals surface area contributed by atoms with E-state index in [1.54, 1.807) is 13.2 Å². The molecule has 2 rings (SSSR count). The first-order valence-electron chi connectivity index (χ1n) is 6.78. The van der Waals surface area contributed by atoms with Crippen molar-refractivity contribution >= 4 is 11.9 Å². The zero-order valence-electron chi connectivity index (χ0n) is 12.7. The minimum atomic E-state index is -1.04. The van der Waals surface area contributed by atoms with Crippen LogP contribution in [0.25, 0.3) is 0 Å². The predicted octanol–water partition coefficient (Wildman–Crippen LogP) is 1.76. The topological polar surface area (TPSA) is 67.9 Å². The molecule has 0 aliphatic carbocycles. The standard InChI is InChI=1S/C15H20N2O4/c1-5-15(11-6-7-12(21-4)10(2)8-11)13(18)17(9-20-3)14(19)16-15/h6-8H,5,9H2,1-4H3,(H,16,19). The number of rotatable bonds is 5. The lowest BCUT2D eigenvalue weighted by Crippen LogP contribution is -2.43. The second kappa shape index (κ2) is 5.73. The molecule has 6 heteroatoms. The largest absolute Gasteiger partial charge is 0.496 e. The third-order valence-electron chi connectivity index (χ3n) is 3.85. The molecule has 1 N–H and O–H groups in total. The van der Waals surface area contributed by atoms with Crippen LogP contribution in [0.5, 0.6) is 5.75 Å². The first-order valence-corrected chi connectivity index (χ1v) is 6.78. The highest BCUT2D eigenvalue weighted by Gasteiger charge is 2.51. The molecule has 1 saturated heterocycles. The van der Waals surface area contributed by atoms with Crippen molar-refractivity contribution in [3.63, 3.8) is 0 Å². The van der Waals surface area contributed by atoms with Crippen LogP contribution in [0.1, 0.15) is 24.5 Å². The molecule has 1 atom stereocenters. The SMILES string of the molecule is CCC1(c2ccc(OC)c(C)c2)NC(=O)N(COC)C1=O. The van der Waals surface area contributed by atoms with Crippen molar-refractivity contribution in [3.05, 3.63) is 29.3 Å². The second-order valence-electron chi connectivity index (χ2n) is 5.02. The Morgan fingerprint density at radius 2 is 2.00 bits per heavy atom. The molecule has 0 spiro atoms. The van der Waals surface area contributed by atoms with Gasteiger partial charge in [-0.25, -0.2) is 9.69 Å². The highest BCUT2D eigenvalue weighted by molar-refractivity contribution is 6.07. The van der Waals surface area contributed by atoms with Crippen molar-refractivity contribution in [2.45, 2.75) is 25.8 Å². The number of nitrogens with one attached hydrogen (secondary N) is 1. The molecular weight excluding hydrogens is 272 g/mol. The first-order chi connectivity index (χ1) is 10.00. The highest BCUT2D eigenvalue weighted by atomic mass is 16.5. The van der Waals surface area contributed by atoms with Crippen molar-refractivity contribution in [2.24, 2.45) is 0 Å². The molecule has 1 unspecified atom stereocenters. The molecular formula is C15H20N2O4. The maximum Gasteiger partial charge on any atom is 0.327 e. The van der Waals surface area contributed by atoms with Crippen LogP contribution in [-0.4, -0.2) is 37.8 Å². The van der Waals surface area contributed by atoms with E-state index in [9.17, 15) is 9.59 Å². The maximum atomic E-state index is 12.7. The smallest absolute Gasteiger partial charge is 0.327 e. The quantitative estimate of drug-likeness (QED) is 0.840. The van der Waals surface area contributed by atoms with Crippen LogP contribution in [0.3, 0.4) is 0 Å². The molecule has 0 radical (unpaired) electrons. The summed E-state index contributed by atoms with van der Waals surface area (Å²) in [4.78, 5) is 25.8.